The summed E-state index contributed by atoms with van der Waals surface area (Å²) in [5.41, 5.74) is 5.78. The number of hydrogen-bond donors (Lipinski definition) is 3. The van der Waals surface area contributed by atoms with Crippen molar-refractivity contribution in [3.8, 4) is 0 Å². The minimum absolute atomic E-state index is 0.106. The van der Waals surface area contributed by atoms with Crippen LogP contribution in [0.4, 0.5) is 5.69 Å². The van der Waals surface area contributed by atoms with Gasteiger partial charge in [0.2, 0.25) is 5.91 Å². The molecule has 1 aromatic heterocycles. The highest BCUT2D eigenvalue weighted by Gasteiger charge is 2.39. The average Bonchev–Trinajstić information content (AvgIpc) is 3.36. The van der Waals surface area contributed by atoms with E-state index in [4.69, 9.17) is 0 Å². The molecule has 1 unspecified atom stereocenters. The largest absolute Gasteiger partial charge is 0.350 e. The highest BCUT2D eigenvalue weighted by atomic mass is 32.2. The fourth-order valence-electron chi connectivity index (χ4n) is 4.76. The minimum Gasteiger partial charge on any atom is -0.350 e. The molecule has 194 valence electrons. The Labute approximate surface area is 219 Å². The van der Waals surface area contributed by atoms with Gasteiger partial charge in [0.25, 0.3) is 21.8 Å². The number of nitrogens with zero attached hydrogens (tertiary/aromatic N) is 2. The van der Waals surface area contributed by atoms with Crippen molar-refractivity contribution in [2.75, 3.05) is 11.9 Å². The molecule has 0 saturated heterocycles. The van der Waals surface area contributed by atoms with E-state index in [2.05, 4.69) is 15.6 Å². The van der Waals surface area contributed by atoms with Crippen LogP contribution in [0.5, 0.6) is 0 Å². The summed E-state index contributed by atoms with van der Waals surface area (Å²) in [7, 11) is -2.17. The first kappa shape index (κ1) is 25.2. The lowest BCUT2D eigenvalue weighted by Gasteiger charge is -2.25. The second-order valence-corrected chi connectivity index (χ2v) is 10.7. The third-order valence-electron chi connectivity index (χ3n) is 6.40. The Morgan fingerprint density at radius 2 is 1.61 bits per heavy atom. The number of nitrogens with one attached hydrogen (secondary N) is 3. The molecule has 38 heavy (non-hydrogen) atoms. The lowest BCUT2D eigenvalue weighted by atomic mass is 9.97. The van der Waals surface area contributed by atoms with Gasteiger partial charge in [-0.25, -0.2) is 8.42 Å². The molecule has 0 bridgehead atoms. The highest BCUT2D eigenvalue weighted by Crippen LogP contribution is 2.41. The van der Waals surface area contributed by atoms with Crippen LogP contribution in [-0.2, 0) is 26.7 Å². The van der Waals surface area contributed by atoms with Crippen LogP contribution in [0, 0.1) is 0 Å². The highest BCUT2D eigenvalue weighted by molar-refractivity contribution is 7.89. The van der Waals surface area contributed by atoms with Crippen LogP contribution in [0.2, 0.25) is 0 Å². The SMILES string of the molecule is CC(=O)Nc1ccc(S(=O)(=O)NNC(=O)CN2C(=O)c3ccccc3C2c2cn(C)c3ccccc23)cc1. The topological polar surface area (TPSA) is 130 Å². The van der Waals surface area contributed by atoms with Gasteiger partial charge in [-0.1, -0.05) is 36.4 Å². The van der Waals surface area contributed by atoms with Gasteiger partial charge in [-0.15, -0.1) is 4.83 Å². The molecule has 4 aromatic rings. The molecule has 0 saturated carbocycles. The Morgan fingerprint density at radius 3 is 2.34 bits per heavy atom. The zero-order chi connectivity index (χ0) is 27.0. The molecule has 3 amide bonds. The Bertz CT molecular complexity index is 1680. The molecule has 0 fully saturated rings. The van der Waals surface area contributed by atoms with Crippen LogP contribution in [0.3, 0.4) is 0 Å². The maximum absolute atomic E-state index is 13.4. The molecular weight excluding hydrogens is 506 g/mol. The van der Waals surface area contributed by atoms with Gasteiger partial charge >= 0.3 is 0 Å². The summed E-state index contributed by atoms with van der Waals surface area (Å²) < 4.78 is 27.3. The van der Waals surface area contributed by atoms with E-state index in [-0.39, 0.29) is 23.3 Å². The fourth-order valence-corrected chi connectivity index (χ4v) is 5.62. The van der Waals surface area contributed by atoms with Crippen molar-refractivity contribution in [2.45, 2.75) is 17.9 Å². The maximum Gasteiger partial charge on any atom is 0.257 e. The fraction of sp³-hybridized carbons (Fsp3) is 0.148. The lowest BCUT2D eigenvalue weighted by molar-refractivity contribution is -0.122. The molecule has 1 aliphatic rings. The van der Waals surface area contributed by atoms with Gasteiger partial charge in [-0.05, 0) is 42.0 Å². The van der Waals surface area contributed by atoms with Crippen molar-refractivity contribution < 1.29 is 22.8 Å². The van der Waals surface area contributed by atoms with Gasteiger partial charge in [0.1, 0.15) is 6.54 Å². The predicted molar refractivity (Wildman–Crippen MR) is 141 cm³/mol. The van der Waals surface area contributed by atoms with Crippen molar-refractivity contribution in [1.82, 2.24) is 19.7 Å². The second kappa shape index (κ2) is 9.77. The predicted octanol–water partition coefficient (Wildman–Crippen LogP) is 2.69. The second-order valence-electron chi connectivity index (χ2n) is 8.99. The van der Waals surface area contributed by atoms with Crippen molar-refractivity contribution in [1.29, 1.82) is 0 Å². The molecule has 2 heterocycles. The van der Waals surface area contributed by atoms with Gasteiger partial charge < -0.3 is 14.8 Å². The normalized spacial score (nSPS) is 14.9. The number of sulfonamides is 1. The van der Waals surface area contributed by atoms with E-state index in [1.165, 1.54) is 36.1 Å². The molecule has 3 aromatic carbocycles. The van der Waals surface area contributed by atoms with Crippen molar-refractivity contribution in [3.63, 3.8) is 0 Å². The molecule has 1 atom stereocenters. The van der Waals surface area contributed by atoms with E-state index in [9.17, 15) is 22.8 Å². The molecule has 0 spiro atoms. The standard InChI is InChI=1S/C27H25N5O5S/c1-17(33)28-18-11-13-19(14-12-18)38(36,37)30-29-25(34)16-32-26(21-8-3-4-9-22(21)27(32)35)23-15-31(2)24-10-6-5-7-20(23)24/h3-15,26,30H,16H2,1-2H3,(H,28,33)(H,29,34). The molecule has 10 nitrogen and oxygen atoms in total. The summed E-state index contributed by atoms with van der Waals surface area (Å²) in [6.45, 7) is 0.974. The molecule has 0 aliphatic carbocycles. The first-order valence-electron chi connectivity index (χ1n) is 11.8. The van der Waals surface area contributed by atoms with Crippen LogP contribution in [-0.4, -0.2) is 42.2 Å². The third-order valence-corrected chi connectivity index (χ3v) is 7.67. The lowest BCUT2D eigenvalue weighted by Crippen LogP contribution is -2.47. The number of amides is 3. The van der Waals surface area contributed by atoms with Crippen molar-refractivity contribution >= 4 is 44.3 Å². The van der Waals surface area contributed by atoms with E-state index in [1.807, 2.05) is 54.2 Å². The zero-order valence-electron chi connectivity index (χ0n) is 20.6. The Kier molecular flexibility index (Phi) is 6.47. The Hall–Kier alpha value is -4.48. The number of anilines is 1. The molecule has 0 radical (unpaired) electrons. The number of aryl methyl sites for hydroxylation is 1. The first-order valence-corrected chi connectivity index (χ1v) is 13.3. The van der Waals surface area contributed by atoms with Crippen LogP contribution >= 0.6 is 0 Å². The Balaban J connectivity index is 1.37. The number of para-hydroxylation sites is 1. The van der Waals surface area contributed by atoms with Gasteiger partial charge in [0.05, 0.1) is 10.9 Å². The molecule has 5 rings (SSSR count). The quantitative estimate of drug-likeness (QED) is 0.316. The van der Waals surface area contributed by atoms with E-state index < -0.39 is 22.0 Å². The third kappa shape index (κ3) is 4.64. The number of carbonyl (C=O) groups is 3. The summed E-state index contributed by atoms with van der Waals surface area (Å²) in [6, 6.07) is 20.0. The summed E-state index contributed by atoms with van der Waals surface area (Å²) in [6.07, 6.45) is 1.95. The number of benzene rings is 3. The van der Waals surface area contributed by atoms with Crippen LogP contribution < -0.4 is 15.6 Å². The number of fused-ring (bicyclic) bond motifs is 2. The van der Waals surface area contributed by atoms with Crippen LogP contribution in [0.1, 0.15) is 34.5 Å². The summed E-state index contributed by atoms with van der Waals surface area (Å²) in [5, 5.41) is 3.51. The summed E-state index contributed by atoms with van der Waals surface area (Å²) >= 11 is 0. The first-order chi connectivity index (χ1) is 18.2. The van der Waals surface area contributed by atoms with Gasteiger partial charge in [-0.3, -0.25) is 19.8 Å². The van der Waals surface area contributed by atoms with Crippen molar-refractivity contribution in [3.05, 3.63) is 95.7 Å². The number of hydrogen-bond acceptors (Lipinski definition) is 5. The molecule has 11 heteroatoms. The molecule has 3 N–H and O–H groups in total. The van der Waals surface area contributed by atoms with Gasteiger partial charge in [0, 0.05) is 47.9 Å². The summed E-state index contributed by atoms with van der Waals surface area (Å²) in [4.78, 5) is 40.9. The minimum atomic E-state index is -4.09. The van der Waals surface area contributed by atoms with Gasteiger partial charge in [0.15, 0.2) is 0 Å². The van der Waals surface area contributed by atoms with Crippen molar-refractivity contribution in [2.24, 2.45) is 7.05 Å². The zero-order valence-corrected chi connectivity index (χ0v) is 21.5. The van der Waals surface area contributed by atoms with Crippen LogP contribution in [0.15, 0.2) is 83.9 Å². The van der Waals surface area contributed by atoms with E-state index in [0.717, 1.165) is 22.0 Å². The summed E-state index contributed by atoms with van der Waals surface area (Å²) in [5.74, 6) is -1.30. The number of carbonyl (C=O) groups excluding carboxylic acids is 3. The smallest absolute Gasteiger partial charge is 0.257 e. The average molecular weight is 532 g/mol. The maximum atomic E-state index is 13.4. The number of rotatable bonds is 7. The van der Waals surface area contributed by atoms with E-state index in [0.29, 0.717) is 11.3 Å². The van der Waals surface area contributed by atoms with E-state index in [1.54, 1.807) is 12.1 Å². The molecular formula is C27H25N5O5S. The number of aromatic nitrogens is 1. The monoisotopic (exact) mass is 531 g/mol. The Morgan fingerprint density at radius 1 is 0.921 bits per heavy atom. The molecule has 1 aliphatic heterocycles. The number of hydrazine groups is 1. The van der Waals surface area contributed by atoms with Crippen LogP contribution in [0.25, 0.3) is 10.9 Å². The van der Waals surface area contributed by atoms with E-state index >= 15 is 0 Å². The van der Waals surface area contributed by atoms with Gasteiger partial charge in [-0.2, -0.15) is 0 Å².